The number of anilines is 2. The number of likely N-dealkylation sites (N-methyl/N-ethyl adjacent to an activating group) is 1. The quantitative estimate of drug-likeness (QED) is 0.520. The van der Waals surface area contributed by atoms with Crippen LogP contribution in [-0.4, -0.2) is 81.1 Å². The number of nitrogen functional groups attached to an aromatic ring is 1. The zero-order chi connectivity index (χ0) is 28.7. The van der Waals surface area contributed by atoms with Crippen molar-refractivity contribution in [1.29, 1.82) is 0 Å². The summed E-state index contributed by atoms with van der Waals surface area (Å²) in [5.74, 6) is -1.12. The second-order valence-electron chi connectivity index (χ2n) is 9.51. The normalized spacial score (nSPS) is 15.5. The molecule has 14 heteroatoms. The lowest BCUT2D eigenvalue weighted by Gasteiger charge is -2.46. The first-order chi connectivity index (χ1) is 18.3. The second kappa shape index (κ2) is 10.1. The summed E-state index contributed by atoms with van der Waals surface area (Å²) < 4.78 is 47.3. The van der Waals surface area contributed by atoms with E-state index in [-0.39, 0.29) is 49.2 Å². The van der Waals surface area contributed by atoms with Crippen molar-refractivity contribution in [2.24, 2.45) is 0 Å². The molecule has 1 fully saturated rings. The maximum atomic E-state index is 13.8. The zero-order valence-electron chi connectivity index (χ0n) is 21.8. The Balaban J connectivity index is 1.63. The Morgan fingerprint density at radius 1 is 1.21 bits per heavy atom. The maximum Gasteiger partial charge on any atom is 0.418 e. The fourth-order valence-electron chi connectivity index (χ4n) is 4.62. The molecule has 0 spiro atoms. The van der Waals surface area contributed by atoms with Crippen LogP contribution in [0.1, 0.15) is 26.3 Å². The van der Waals surface area contributed by atoms with Crippen LogP contribution in [0.15, 0.2) is 36.7 Å². The fourth-order valence-corrected chi connectivity index (χ4v) is 4.62. The molecule has 0 saturated carbocycles. The third-order valence-corrected chi connectivity index (χ3v) is 6.59. The van der Waals surface area contributed by atoms with E-state index in [9.17, 15) is 27.6 Å². The number of ether oxygens (including phenoxy) is 1. The summed E-state index contributed by atoms with van der Waals surface area (Å²) >= 11 is 0. The SMILES string of the molecule is CCOC(=O)N(C)CC(=O)N1CCN(c2cccc(-c3cc(C(F)(F)F)c4c(N)ncnn34)c2)C(=O)C1(C)C. The van der Waals surface area contributed by atoms with Crippen molar-refractivity contribution in [1.82, 2.24) is 24.4 Å². The number of aromatic nitrogens is 3. The molecule has 1 aliphatic rings. The Morgan fingerprint density at radius 3 is 2.59 bits per heavy atom. The van der Waals surface area contributed by atoms with Gasteiger partial charge in [-0.3, -0.25) is 9.59 Å². The van der Waals surface area contributed by atoms with Crippen LogP contribution in [0.3, 0.4) is 0 Å². The van der Waals surface area contributed by atoms with Crippen molar-refractivity contribution in [3.05, 3.63) is 42.2 Å². The van der Waals surface area contributed by atoms with Gasteiger partial charge < -0.3 is 25.2 Å². The van der Waals surface area contributed by atoms with Crippen molar-refractivity contribution in [3.8, 4) is 11.3 Å². The molecular weight excluding hydrogens is 519 g/mol. The summed E-state index contributed by atoms with van der Waals surface area (Å²) in [7, 11) is 1.43. The summed E-state index contributed by atoms with van der Waals surface area (Å²) in [5.41, 5.74) is 4.09. The van der Waals surface area contributed by atoms with Crippen LogP contribution in [-0.2, 0) is 20.5 Å². The second-order valence-corrected chi connectivity index (χ2v) is 9.51. The number of alkyl halides is 3. The van der Waals surface area contributed by atoms with E-state index in [1.807, 2.05) is 0 Å². The number of hydrogen-bond acceptors (Lipinski definition) is 7. The predicted octanol–water partition coefficient (Wildman–Crippen LogP) is 3.04. The standard InChI is InChI=1S/C25H28F3N7O4/c1-5-39-23(38)32(4)13-19(36)34-10-9-33(22(37)24(34,2)3)16-8-6-7-15(11-16)18-12-17(25(26,27)28)20-21(29)30-14-31-35(18)20/h6-8,11-12,14H,5,9-10,13H2,1-4H3,(H2,29,30,31). The van der Waals surface area contributed by atoms with Crippen LogP contribution in [0, 0.1) is 0 Å². The number of carbonyl (C=O) groups is 3. The molecule has 0 unspecified atom stereocenters. The summed E-state index contributed by atoms with van der Waals surface area (Å²) in [6.07, 6.45) is -4.27. The van der Waals surface area contributed by atoms with E-state index >= 15 is 0 Å². The Labute approximate surface area is 221 Å². The van der Waals surface area contributed by atoms with E-state index in [1.165, 1.54) is 16.8 Å². The molecule has 39 heavy (non-hydrogen) atoms. The number of rotatable bonds is 5. The van der Waals surface area contributed by atoms with Crippen LogP contribution >= 0.6 is 0 Å². The molecule has 1 saturated heterocycles. The molecule has 3 aromatic rings. The molecule has 11 nitrogen and oxygen atoms in total. The van der Waals surface area contributed by atoms with Gasteiger partial charge in [-0.05, 0) is 39.0 Å². The molecule has 0 radical (unpaired) electrons. The van der Waals surface area contributed by atoms with Gasteiger partial charge >= 0.3 is 12.3 Å². The molecule has 1 aromatic carbocycles. The maximum absolute atomic E-state index is 13.8. The van der Waals surface area contributed by atoms with Crippen LogP contribution < -0.4 is 10.6 Å². The minimum atomic E-state index is -4.69. The number of benzene rings is 1. The lowest BCUT2D eigenvalue weighted by atomic mass is 9.96. The van der Waals surface area contributed by atoms with Gasteiger partial charge in [0.15, 0.2) is 5.82 Å². The van der Waals surface area contributed by atoms with Crippen LogP contribution in [0.5, 0.6) is 0 Å². The molecule has 0 atom stereocenters. The number of hydrogen-bond donors (Lipinski definition) is 1. The number of carbonyl (C=O) groups excluding carboxylic acids is 3. The molecule has 4 rings (SSSR count). The summed E-state index contributed by atoms with van der Waals surface area (Å²) in [4.78, 5) is 46.2. The summed E-state index contributed by atoms with van der Waals surface area (Å²) in [5, 5.41) is 3.97. The van der Waals surface area contributed by atoms with Crippen LogP contribution in [0.4, 0.5) is 29.5 Å². The van der Waals surface area contributed by atoms with Crippen molar-refractivity contribution in [2.45, 2.75) is 32.5 Å². The number of amides is 3. The van der Waals surface area contributed by atoms with Crippen LogP contribution in [0.25, 0.3) is 16.8 Å². The number of nitrogens with two attached hydrogens (primary N) is 1. The molecule has 3 heterocycles. The van der Waals surface area contributed by atoms with Gasteiger partial charge in [-0.1, -0.05) is 12.1 Å². The van der Waals surface area contributed by atoms with Gasteiger partial charge in [0.2, 0.25) is 5.91 Å². The van der Waals surface area contributed by atoms with Crippen molar-refractivity contribution in [3.63, 3.8) is 0 Å². The molecule has 208 valence electrons. The highest BCUT2D eigenvalue weighted by molar-refractivity contribution is 6.03. The number of halogens is 3. The van der Waals surface area contributed by atoms with Crippen molar-refractivity contribution >= 4 is 34.9 Å². The Hall–Kier alpha value is -4.36. The number of piperazine rings is 1. The van der Waals surface area contributed by atoms with Gasteiger partial charge in [-0.2, -0.15) is 18.3 Å². The summed E-state index contributed by atoms with van der Waals surface area (Å²) in [6.45, 7) is 5.07. The average molecular weight is 548 g/mol. The first-order valence-electron chi connectivity index (χ1n) is 12.1. The first kappa shape index (κ1) is 27.7. The highest BCUT2D eigenvalue weighted by Gasteiger charge is 2.45. The molecule has 3 amide bonds. The van der Waals surface area contributed by atoms with E-state index in [2.05, 4.69) is 10.1 Å². The molecular formula is C25H28F3N7O4. The first-order valence-corrected chi connectivity index (χ1v) is 12.1. The molecule has 1 aliphatic heterocycles. The Morgan fingerprint density at radius 2 is 1.92 bits per heavy atom. The smallest absolute Gasteiger partial charge is 0.418 e. The van der Waals surface area contributed by atoms with E-state index in [0.717, 1.165) is 21.8 Å². The Bertz CT molecular complexity index is 1440. The molecule has 0 bridgehead atoms. The van der Waals surface area contributed by atoms with E-state index in [4.69, 9.17) is 10.5 Å². The fraction of sp³-hybridized carbons (Fsp3) is 0.400. The monoisotopic (exact) mass is 547 g/mol. The average Bonchev–Trinajstić information content (AvgIpc) is 3.27. The van der Waals surface area contributed by atoms with Gasteiger partial charge in [0, 0.05) is 31.4 Å². The minimum absolute atomic E-state index is 0.121. The topological polar surface area (TPSA) is 126 Å². The largest absolute Gasteiger partial charge is 0.450 e. The minimum Gasteiger partial charge on any atom is -0.450 e. The molecule has 0 aliphatic carbocycles. The number of nitrogens with zero attached hydrogens (tertiary/aromatic N) is 6. The zero-order valence-corrected chi connectivity index (χ0v) is 21.8. The number of fused-ring (bicyclic) bond motifs is 1. The van der Waals surface area contributed by atoms with Gasteiger partial charge in [0.05, 0.1) is 17.9 Å². The molecule has 2 aromatic heterocycles. The predicted molar refractivity (Wildman–Crippen MR) is 136 cm³/mol. The third kappa shape index (κ3) is 5.05. The van der Waals surface area contributed by atoms with Crippen LogP contribution in [0.2, 0.25) is 0 Å². The van der Waals surface area contributed by atoms with E-state index < -0.39 is 29.3 Å². The van der Waals surface area contributed by atoms with E-state index in [1.54, 1.807) is 45.0 Å². The van der Waals surface area contributed by atoms with Crippen molar-refractivity contribution in [2.75, 3.05) is 43.9 Å². The van der Waals surface area contributed by atoms with Crippen molar-refractivity contribution < 1.29 is 32.3 Å². The van der Waals surface area contributed by atoms with E-state index in [0.29, 0.717) is 11.3 Å². The highest BCUT2D eigenvalue weighted by atomic mass is 19.4. The van der Waals surface area contributed by atoms with Gasteiger partial charge in [-0.15, -0.1) is 0 Å². The molecule has 2 N–H and O–H groups in total. The third-order valence-electron chi connectivity index (χ3n) is 6.59. The summed E-state index contributed by atoms with van der Waals surface area (Å²) in [6, 6.07) is 7.41. The lowest BCUT2D eigenvalue weighted by molar-refractivity contribution is -0.147. The van der Waals surface area contributed by atoms with Gasteiger partial charge in [0.1, 0.15) is 23.9 Å². The Kier molecular flexibility index (Phi) is 7.15. The highest BCUT2D eigenvalue weighted by Crippen LogP contribution is 2.39. The lowest BCUT2D eigenvalue weighted by Crippen LogP contribution is -2.65. The van der Waals surface area contributed by atoms with Gasteiger partial charge in [0.25, 0.3) is 5.91 Å². The van der Waals surface area contributed by atoms with Gasteiger partial charge in [-0.25, -0.2) is 14.3 Å².